The maximum Gasteiger partial charge on any atom is 0.246 e. The lowest BCUT2D eigenvalue weighted by Crippen LogP contribution is -2.44. The average Bonchev–Trinajstić information content (AvgIpc) is 2.41. The van der Waals surface area contributed by atoms with Crippen LogP contribution in [0.4, 0.5) is 8.78 Å². The molecular weight excluding hydrogens is 308 g/mol. The molecular formula is C12H15F2NO3S2. The Kier molecular flexibility index (Phi) is 4.68. The molecule has 1 aliphatic heterocycles. The molecule has 1 heterocycles. The lowest BCUT2D eigenvalue weighted by Gasteiger charge is -2.32. The first-order valence-electron chi connectivity index (χ1n) is 6.06. The Morgan fingerprint density at radius 1 is 1.45 bits per heavy atom. The Morgan fingerprint density at radius 3 is 2.75 bits per heavy atom. The average molecular weight is 323 g/mol. The fourth-order valence-corrected chi connectivity index (χ4v) is 5.07. The van der Waals surface area contributed by atoms with E-state index >= 15 is 0 Å². The van der Waals surface area contributed by atoms with E-state index in [1.165, 1.54) is 4.31 Å². The summed E-state index contributed by atoms with van der Waals surface area (Å²) in [6.45, 7) is 1.44. The molecule has 1 aromatic carbocycles. The summed E-state index contributed by atoms with van der Waals surface area (Å²) in [7, 11) is -4.10. The second-order valence-electron chi connectivity index (χ2n) is 4.59. The van der Waals surface area contributed by atoms with Gasteiger partial charge in [-0.15, -0.1) is 0 Å². The third-order valence-corrected chi connectivity index (χ3v) is 6.33. The second-order valence-corrected chi connectivity index (χ2v) is 7.60. The van der Waals surface area contributed by atoms with Gasteiger partial charge in [-0.1, -0.05) is 0 Å². The maximum absolute atomic E-state index is 13.8. The summed E-state index contributed by atoms with van der Waals surface area (Å²) >= 11 is 1.62. The van der Waals surface area contributed by atoms with Crippen LogP contribution in [-0.2, 0) is 16.6 Å². The number of nitrogens with zero attached hydrogens (tertiary/aromatic N) is 1. The Bertz CT molecular complexity index is 607. The van der Waals surface area contributed by atoms with Crippen molar-refractivity contribution >= 4 is 21.8 Å². The highest BCUT2D eigenvalue weighted by molar-refractivity contribution is 7.99. The molecule has 1 saturated heterocycles. The number of aliphatic hydroxyl groups is 1. The quantitative estimate of drug-likeness (QED) is 0.918. The van der Waals surface area contributed by atoms with E-state index in [0.717, 1.165) is 12.1 Å². The van der Waals surface area contributed by atoms with Crippen LogP contribution in [0.1, 0.15) is 12.5 Å². The van der Waals surface area contributed by atoms with Gasteiger partial charge in [-0.3, -0.25) is 0 Å². The molecule has 1 N–H and O–H groups in total. The normalized spacial score (nSPS) is 21.1. The lowest BCUT2D eigenvalue weighted by atomic mass is 10.2. The van der Waals surface area contributed by atoms with E-state index in [1.54, 1.807) is 18.7 Å². The Labute approximate surface area is 120 Å². The monoisotopic (exact) mass is 323 g/mol. The maximum atomic E-state index is 13.8. The highest BCUT2D eigenvalue weighted by Gasteiger charge is 2.34. The van der Waals surface area contributed by atoms with Crippen molar-refractivity contribution in [3.8, 4) is 0 Å². The van der Waals surface area contributed by atoms with Crippen LogP contribution in [0.15, 0.2) is 17.0 Å². The minimum Gasteiger partial charge on any atom is -0.392 e. The summed E-state index contributed by atoms with van der Waals surface area (Å²) in [5, 5.41) is 9.00. The number of halogens is 2. The molecule has 0 spiro atoms. The standard InChI is InChI=1S/C12H15F2NO3S2/c1-8-7-19-3-2-15(8)20(17,18)11-5-9(6-16)4-10(13)12(11)14/h4-5,8,16H,2-3,6-7H2,1H3. The zero-order chi connectivity index (χ0) is 14.9. The van der Waals surface area contributed by atoms with Gasteiger partial charge in [0.25, 0.3) is 0 Å². The molecule has 0 aliphatic carbocycles. The summed E-state index contributed by atoms with van der Waals surface area (Å²) in [4.78, 5) is -0.708. The van der Waals surface area contributed by atoms with Gasteiger partial charge < -0.3 is 5.11 Å². The van der Waals surface area contributed by atoms with Gasteiger partial charge in [-0.05, 0) is 24.6 Å². The number of benzene rings is 1. The first-order chi connectivity index (χ1) is 9.37. The molecule has 2 rings (SSSR count). The molecule has 1 aromatic rings. The lowest BCUT2D eigenvalue weighted by molar-refractivity contribution is 0.280. The van der Waals surface area contributed by atoms with Gasteiger partial charge in [0.2, 0.25) is 10.0 Å². The number of hydrogen-bond acceptors (Lipinski definition) is 4. The summed E-state index contributed by atoms with van der Waals surface area (Å²) < 4.78 is 53.4. The molecule has 1 fully saturated rings. The van der Waals surface area contributed by atoms with Gasteiger partial charge in [0, 0.05) is 24.1 Å². The Morgan fingerprint density at radius 2 is 2.15 bits per heavy atom. The minimum absolute atomic E-state index is 0.0292. The SMILES string of the molecule is CC1CSCCN1S(=O)(=O)c1cc(CO)cc(F)c1F. The van der Waals surface area contributed by atoms with Gasteiger partial charge in [-0.25, -0.2) is 17.2 Å². The molecule has 4 nitrogen and oxygen atoms in total. The van der Waals surface area contributed by atoms with Crippen molar-refractivity contribution in [3.05, 3.63) is 29.3 Å². The highest BCUT2D eigenvalue weighted by atomic mass is 32.2. The van der Waals surface area contributed by atoms with E-state index < -0.39 is 33.2 Å². The van der Waals surface area contributed by atoms with Crippen molar-refractivity contribution in [2.24, 2.45) is 0 Å². The van der Waals surface area contributed by atoms with Crippen molar-refractivity contribution in [1.82, 2.24) is 4.31 Å². The molecule has 112 valence electrons. The van der Waals surface area contributed by atoms with Gasteiger partial charge >= 0.3 is 0 Å². The van der Waals surface area contributed by atoms with E-state index in [0.29, 0.717) is 11.5 Å². The zero-order valence-electron chi connectivity index (χ0n) is 10.8. The molecule has 0 saturated carbocycles. The summed E-state index contributed by atoms with van der Waals surface area (Å²) in [5.41, 5.74) is 0.0292. The molecule has 1 unspecified atom stereocenters. The fourth-order valence-electron chi connectivity index (χ4n) is 2.09. The van der Waals surface area contributed by atoms with Crippen molar-refractivity contribution in [2.45, 2.75) is 24.5 Å². The van der Waals surface area contributed by atoms with Crippen LogP contribution in [0.3, 0.4) is 0 Å². The first kappa shape index (κ1) is 15.7. The van der Waals surface area contributed by atoms with Gasteiger partial charge in [-0.2, -0.15) is 16.1 Å². The Balaban J connectivity index is 2.51. The summed E-state index contributed by atoms with van der Waals surface area (Å²) in [6, 6.07) is 1.51. The van der Waals surface area contributed by atoms with Crippen LogP contribution in [0.5, 0.6) is 0 Å². The van der Waals surface area contributed by atoms with E-state index in [2.05, 4.69) is 0 Å². The smallest absolute Gasteiger partial charge is 0.246 e. The third kappa shape index (κ3) is 2.83. The number of rotatable bonds is 3. The highest BCUT2D eigenvalue weighted by Crippen LogP contribution is 2.28. The van der Waals surface area contributed by atoms with E-state index in [9.17, 15) is 17.2 Å². The molecule has 0 amide bonds. The molecule has 1 atom stereocenters. The van der Waals surface area contributed by atoms with Crippen LogP contribution in [-0.4, -0.2) is 41.9 Å². The predicted molar refractivity (Wildman–Crippen MR) is 73.0 cm³/mol. The summed E-state index contributed by atoms with van der Waals surface area (Å²) in [5.74, 6) is -1.43. The van der Waals surface area contributed by atoms with Crippen LogP contribution in [0, 0.1) is 11.6 Å². The minimum atomic E-state index is -4.10. The zero-order valence-corrected chi connectivity index (χ0v) is 12.5. The molecule has 1 aliphatic rings. The molecule has 0 radical (unpaired) electrons. The van der Waals surface area contributed by atoms with E-state index in [4.69, 9.17) is 5.11 Å². The number of sulfonamides is 1. The fraction of sp³-hybridized carbons (Fsp3) is 0.500. The van der Waals surface area contributed by atoms with Crippen molar-refractivity contribution in [3.63, 3.8) is 0 Å². The largest absolute Gasteiger partial charge is 0.392 e. The van der Waals surface area contributed by atoms with Crippen molar-refractivity contribution in [1.29, 1.82) is 0 Å². The second kappa shape index (κ2) is 5.97. The number of thioether (sulfide) groups is 1. The molecule has 0 bridgehead atoms. The topological polar surface area (TPSA) is 57.6 Å². The first-order valence-corrected chi connectivity index (χ1v) is 8.65. The van der Waals surface area contributed by atoms with Crippen LogP contribution in [0.25, 0.3) is 0 Å². The number of aliphatic hydroxyl groups excluding tert-OH is 1. The van der Waals surface area contributed by atoms with Gasteiger partial charge in [0.05, 0.1) is 6.61 Å². The van der Waals surface area contributed by atoms with Crippen LogP contribution >= 0.6 is 11.8 Å². The van der Waals surface area contributed by atoms with Crippen molar-refractivity contribution in [2.75, 3.05) is 18.1 Å². The van der Waals surface area contributed by atoms with Crippen LogP contribution < -0.4 is 0 Å². The Hall–Kier alpha value is -0.700. The predicted octanol–water partition coefficient (Wildman–Crippen LogP) is 1.58. The molecule has 20 heavy (non-hydrogen) atoms. The van der Waals surface area contributed by atoms with Gasteiger partial charge in [0.1, 0.15) is 4.90 Å². The molecule has 0 aromatic heterocycles. The van der Waals surface area contributed by atoms with Crippen molar-refractivity contribution < 1.29 is 22.3 Å². The van der Waals surface area contributed by atoms with Gasteiger partial charge in [0.15, 0.2) is 11.6 Å². The van der Waals surface area contributed by atoms with E-state index in [1.807, 2.05) is 0 Å². The number of hydrogen-bond donors (Lipinski definition) is 1. The summed E-state index contributed by atoms with van der Waals surface area (Å²) in [6.07, 6.45) is 0. The molecule has 8 heteroatoms. The van der Waals surface area contributed by atoms with Crippen LogP contribution in [0.2, 0.25) is 0 Å². The third-order valence-electron chi connectivity index (χ3n) is 3.13. The van der Waals surface area contributed by atoms with E-state index in [-0.39, 0.29) is 18.2 Å².